The molecule has 0 amide bonds. The van der Waals surface area contributed by atoms with Gasteiger partial charge in [-0.05, 0) is 37.2 Å². The molecule has 0 radical (unpaired) electrons. The standard InChI is InChI=1S/C18H20ClFN6O2S2/c1-30(27,28)25-8-3-4-12(10-25)17-21-22-18(29)26(17)16-7-9-24(23-16)11-13-14(19)5-2-6-15(13)20/h2,5-7,9,12H,3-4,8,10-11H2,1H3,(H,22,29)/t12-/m0/s1. The van der Waals surface area contributed by atoms with E-state index in [4.69, 9.17) is 23.8 Å². The van der Waals surface area contributed by atoms with Crippen LogP contribution in [-0.2, 0) is 16.6 Å². The molecule has 0 spiro atoms. The molecule has 0 aliphatic carbocycles. The SMILES string of the molecule is CS(=O)(=O)N1CCC[C@H](c2n[nH]c(=S)n2-c2ccn(Cc3c(F)cccc3Cl)n2)C1. The normalized spacial score (nSPS) is 18.0. The van der Waals surface area contributed by atoms with Gasteiger partial charge in [0.25, 0.3) is 0 Å². The Hall–Kier alpha value is -2.08. The Morgan fingerprint density at radius 2 is 2.17 bits per heavy atom. The molecule has 4 rings (SSSR count). The molecule has 160 valence electrons. The molecule has 1 fully saturated rings. The summed E-state index contributed by atoms with van der Waals surface area (Å²) in [6, 6.07) is 6.29. The van der Waals surface area contributed by atoms with Crippen LogP contribution in [0.1, 0.15) is 30.1 Å². The Morgan fingerprint density at radius 1 is 1.37 bits per heavy atom. The molecule has 0 bridgehead atoms. The number of aromatic amines is 1. The zero-order chi connectivity index (χ0) is 21.5. The van der Waals surface area contributed by atoms with E-state index in [1.165, 1.54) is 16.6 Å². The lowest BCUT2D eigenvalue weighted by Gasteiger charge is -2.30. The van der Waals surface area contributed by atoms with Gasteiger partial charge in [-0.3, -0.25) is 14.3 Å². The molecular weight excluding hydrogens is 451 g/mol. The third-order valence-corrected chi connectivity index (χ3v) is 7.05. The first-order chi connectivity index (χ1) is 14.2. The topological polar surface area (TPSA) is 88.8 Å². The Bertz CT molecular complexity index is 1220. The number of nitrogens with zero attached hydrogens (tertiary/aromatic N) is 5. The van der Waals surface area contributed by atoms with Crippen molar-refractivity contribution in [1.29, 1.82) is 0 Å². The fraction of sp³-hybridized carbons (Fsp3) is 0.389. The summed E-state index contributed by atoms with van der Waals surface area (Å²) in [5.74, 6) is 0.631. The number of aromatic nitrogens is 5. The van der Waals surface area contributed by atoms with E-state index in [-0.39, 0.29) is 12.5 Å². The predicted octanol–water partition coefficient (Wildman–Crippen LogP) is 3.11. The fourth-order valence-corrected chi connectivity index (χ4v) is 5.03. The van der Waals surface area contributed by atoms with Crippen molar-refractivity contribution in [1.82, 2.24) is 28.9 Å². The molecule has 3 aromatic rings. The maximum absolute atomic E-state index is 14.1. The molecule has 3 heterocycles. The second kappa shape index (κ2) is 8.22. The Balaban J connectivity index is 1.64. The third kappa shape index (κ3) is 4.20. The van der Waals surface area contributed by atoms with Crippen molar-refractivity contribution in [2.45, 2.75) is 25.3 Å². The average Bonchev–Trinajstić information content (AvgIpc) is 3.30. The van der Waals surface area contributed by atoms with Gasteiger partial charge in [-0.25, -0.2) is 17.1 Å². The van der Waals surface area contributed by atoms with Crippen LogP contribution in [0.4, 0.5) is 4.39 Å². The lowest BCUT2D eigenvalue weighted by atomic mass is 9.99. The molecule has 1 atom stereocenters. The maximum atomic E-state index is 14.1. The van der Waals surface area contributed by atoms with Crippen molar-refractivity contribution < 1.29 is 12.8 Å². The Morgan fingerprint density at radius 3 is 2.90 bits per heavy atom. The maximum Gasteiger partial charge on any atom is 0.211 e. The average molecular weight is 471 g/mol. The number of sulfonamides is 1. The van der Waals surface area contributed by atoms with Gasteiger partial charge < -0.3 is 0 Å². The molecular formula is C18H20ClFN6O2S2. The summed E-state index contributed by atoms with van der Waals surface area (Å²) in [5, 5.41) is 12.0. The first kappa shape index (κ1) is 21.2. The largest absolute Gasteiger partial charge is 0.266 e. The van der Waals surface area contributed by atoms with Gasteiger partial charge >= 0.3 is 0 Å². The molecule has 0 saturated carbocycles. The first-order valence-electron chi connectivity index (χ1n) is 9.33. The van der Waals surface area contributed by atoms with Gasteiger partial charge in [0.05, 0.1) is 12.8 Å². The monoisotopic (exact) mass is 470 g/mol. The van der Waals surface area contributed by atoms with Gasteiger partial charge in [-0.15, -0.1) is 0 Å². The molecule has 0 unspecified atom stereocenters. The Labute approximate surface area is 183 Å². The molecule has 1 N–H and O–H groups in total. The molecule has 2 aromatic heterocycles. The van der Waals surface area contributed by atoms with Crippen molar-refractivity contribution >= 4 is 33.8 Å². The van der Waals surface area contributed by atoms with E-state index < -0.39 is 15.8 Å². The van der Waals surface area contributed by atoms with E-state index in [0.717, 1.165) is 12.8 Å². The summed E-state index contributed by atoms with van der Waals surface area (Å²) in [6.07, 6.45) is 4.44. The lowest BCUT2D eigenvalue weighted by Crippen LogP contribution is -2.39. The van der Waals surface area contributed by atoms with Crippen LogP contribution in [0, 0.1) is 10.6 Å². The number of piperidine rings is 1. The highest BCUT2D eigenvalue weighted by molar-refractivity contribution is 7.88. The van der Waals surface area contributed by atoms with Crippen LogP contribution in [0.2, 0.25) is 5.02 Å². The number of nitrogens with one attached hydrogen (secondary N) is 1. The highest BCUT2D eigenvalue weighted by Crippen LogP contribution is 2.28. The molecule has 1 aliphatic heterocycles. The van der Waals surface area contributed by atoms with E-state index in [9.17, 15) is 12.8 Å². The highest BCUT2D eigenvalue weighted by Gasteiger charge is 2.30. The highest BCUT2D eigenvalue weighted by atomic mass is 35.5. The van der Waals surface area contributed by atoms with Crippen molar-refractivity contribution in [3.8, 4) is 5.82 Å². The summed E-state index contributed by atoms with van der Waals surface area (Å²) in [6.45, 7) is 1.000. The summed E-state index contributed by atoms with van der Waals surface area (Å²) in [4.78, 5) is 0. The van der Waals surface area contributed by atoms with Crippen LogP contribution in [-0.4, -0.2) is 56.6 Å². The Kier molecular flexibility index (Phi) is 5.80. The smallest absolute Gasteiger partial charge is 0.211 e. The van der Waals surface area contributed by atoms with Crippen LogP contribution < -0.4 is 0 Å². The number of halogens is 2. The van der Waals surface area contributed by atoms with E-state index >= 15 is 0 Å². The van der Waals surface area contributed by atoms with E-state index in [2.05, 4.69) is 15.3 Å². The second-order valence-electron chi connectivity index (χ2n) is 7.25. The van der Waals surface area contributed by atoms with Crippen molar-refractivity contribution in [3.05, 3.63) is 57.5 Å². The predicted molar refractivity (Wildman–Crippen MR) is 113 cm³/mol. The third-order valence-electron chi connectivity index (χ3n) is 5.15. The molecule has 8 nitrogen and oxygen atoms in total. The first-order valence-corrected chi connectivity index (χ1v) is 12.0. The van der Waals surface area contributed by atoms with Gasteiger partial charge in [0.1, 0.15) is 11.6 Å². The molecule has 12 heteroatoms. The minimum absolute atomic E-state index is 0.118. The summed E-state index contributed by atoms with van der Waals surface area (Å²) < 4.78 is 43.1. The minimum atomic E-state index is -3.28. The van der Waals surface area contributed by atoms with E-state index in [1.54, 1.807) is 33.6 Å². The quantitative estimate of drug-likeness (QED) is 0.579. The number of rotatable bonds is 5. The van der Waals surface area contributed by atoms with Crippen LogP contribution in [0.3, 0.4) is 0 Å². The van der Waals surface area contributed by atoms with Gasteiger partial charge in [0.15, 0.2) is 5.82 Å². The van der Waals surface area contributed by atoms with Crippen LogP contribution in [0.15, 0.2) is 30.5 Å². The summed E-state index contributed by atoms with van der Waals surface area (Å²) >= 11 is 11.5. The number of hydrogen-bond donors (Lipinski definition) is 1. The van der Waals surface area contributed by atoms with Gasteiger partial charge in [0, 0.05) is 41.9 Å². The minimum Gasteiger partial charge on any atom is -0.266 e. The number of H-pyrrole nitrogens is 1. The summed E-state index contributed by atoms with van der Waals surface area (Å²) in [5.41, 5.74) is 0.348. The zero-order valence-electron chi connectivity index (χ0n) is 16.1. The van der Waals surface area contributed by atoms with Gasteiger partial charge in [0.2, 0.25) is 14.8 Å². The van der Waals surface area contributed by atoms with Crippen molar-refractivity contribution in [2.24, 2.45) is 0 Å². The van der Waals surface area contributed by atoms with Crippen LogP contribution in [0.5, 0.6) is 0 Å². The van der Waals surface area contributed by atoms with Crippen LogP contribution in [0.25, 0.3) is 5.82 Å². The van der Waals surface area contributed by atoms with Gasteiger partial charge in [-0.2, -0.15) is 10.2 Å². The van der Waals surface area contributed by atoms with Gasteiger partial charge in [-0.1, -0.05) is 17.7 Å². The molecule has 1 aliphatic rings. The van der Waals surface area contributed by atoms with Crippen molar-refractivity contribution in [2.75, 3.05) is 19.3 Å². The molecule has 30 heavy (non-hydrogen) atoms. The van der Waals surface area contributed by atoms with E-state index in [0.29, 0.717) is 40.1 Å². The van der Waals surface area contributed by atoms with Crippen LogP contribution >= 0.6 is 23.8 Å². The van der Waals surface area contributed by atoms with E-state index in [1.807, 2.05) is 0 Å². The lowest BCUT2D eigenvalue weighted by molar-refractivity contribution is 0.309. The second-order valence-corrected chi connectivity index (χ2v) is 10.0. The zero-order valence-corrected chi connectivity index (χ0v) is 18.5. The fourth-order valence-electron chi connectivity index (χ4n) is 3.66. The molecule has 1 aromatic carbocycles. The van der Waals surface area contributed by atoms with Crippen molar-refractivity contribution in [3.63, 3.8) is 0 Å². The number of benzene rings is 1. The molecule has 1 saturated heterocycles. The number of hydrogen-bond acceptors (Lipinski definition) is 5. The summed E-state index contributed by atoms with van der Waals surface area (Å²) in [7, 11) is -3.28.